The lowest BCUT2D eigenvalue weighted by atomic mass is 10.1. The van der Waals surface area contributed by atoms with Gasteiger partial charge in [0, 0.05) is 15.8 Å². The molecule has 0 spiro atoms. The highest BCUT2D eigenvalue weighted by Gasteiger charge is 2.12. The zero-order valence-electron chi connectivity index (χ0n) is 11.3. The van der Waals surface area contributed by atoms with Crippen molar-refractivity contribution < 1.29 is 5.11 Å². The van der Waals surface area contributed by atoms with Crippen LogP contribution >= 0.6 is 11.8 Å². The molecule has 2 N–H and O–H groups in total. The van der Waals surface area contributed by atoms with Gasteiger partial charge in [-0.15, -0.1) is 0 Å². The Bertz CT molecular complexity index is 687. The second-order valence-electron chi connectivity index (χ2n) is 4.78. The van der Waals surface area contributed by atoms with Crippen molar-refractivity contribution in [3.8, 4) is 0 Å². The summed E-state index contributed by atoms with van der Waals surface area (Å²) in [5, 5.41) is 12.4. The van der Waals surface area contributed by atoms with Crippen LogP contribution in [0.25, 0.3) is 10.9 Å². The molecule has 0 fully saturated rings. The van der Waals surface area contributed by atoms with E-state index >= 15 is 0 Å². The number of hydrogen-bond donors (Lipinski definition) is 2. The lowest BCUT2D eigenvalue weighted by Gasteiger charge is -2.12. The molecule has 0 saturated heterocycles. The summed E-state index contributed by atoms with van der Waals surface area (Å²) in [6.45, 7) is 2.00. The summed E-state index contributed by atoms with van der Waals surface area (Å²) in [5.74, 6) is 0. The molecule has 1 heterocycles. The van der Waals surface area contributed by atoms with E-state index in [1.807, 2.05) is 37.3 Å². The molecule has 1 aromatic heterocycles. The molecule has 0 aliphatic carbocycles. The summed E-state index contributed by atoms with van der Waals surface area (Å²) in [4.78, 5) is 4.51. The van der Waals surface area contributed by atoms with Crippen molar-refractivity contribution in [2.45, 2.75) is 29.4 Å². The number of H-pyrrole nitrogens is 1. The molecule has 3 aromatic rings. The largest absolute Gasteiger partial charge is 0.388 e. The number of aliphatic hydroxyl groups is 1. The SMILES string of the molecule is CC[C@H](O)c1ccccc1Sc1cc2ccccc2[nH]1. The van der Waals surface area contributed by atoms with E-state index in [4.69, 9.17) is 0 Å². The first-order valence-electron chi connectivity index (χ1n) is 6.80. The van der Waals surface area contributed by atoms with E-state index in [1.165, 1.54) is 5.39 Å². The number of aromatic nitrogens is 1. The van der Waals surface area contributed by atoms with E-state index in [2.05, 4.69) is 29.2 Å². The Hall–Kier alpha value is -1.71. The first-order valence-corrected chi connectivity index (χ1v) is 7.62. The van der Waals surface area contributed by atoms with E-state index in [9.17, 15) is 5.11 Å². The summed E-state index contributed by atoms with van der Waals surface area (Å²) in [6, 6.07) is 18.4. The lowest BCUT2D eigenvalue weighted by Crippen LogP contribution is -1.97. The second kappa shape index (κ2) is 5.73. The fraction of sp³-hybridized carbons (Fsp3) is 0.176. The molecule has 0 radical (unpaired) electrons. The van der Waals surface area contributed by atoms with E-state index in [0.717, 1.165) is 27.4 Å². The molecule has 0 amide bonds. The van der Waals surface area contributed by atoms with Gasteiger partial charge < -0.3 is 10.1 Å². The molecule has 0 aliphatic rings. The van der Waals surface area contributed by atoms with Gasteiger partial charge in [-0.25, -0.2) is 0 Å². The number of fused-ring (bicyclic) bond motifs is 1. The van der Waals surface area contributed by atoms with Gasteiger partial charge in [0.25, 0.3) is 0 Å². The topological polar surface area (TPSA) is 36.0 Å². The third-order valence-corrected chi connectivity index (χ3v) is 4.42. The first kappa shape index (κ1) is 13.3. The van der Waals surface area contributed by atoms with Crippen LogP contribution in [0.1, 0.15) is 25.0 Å². The van der Waals surface area contributed by atoms with Gasteiger partial charge in [-0.05, 0) is 30.2 Å². The molecule has 3 heteroatoms. The van der Waals surface area contributed by atoms with Gasteiger partial charge in [-0.1, -0.05) is 55.1 Å². The van der Waals surface area contributed by atoms with Crippen LogP contribution in [0.4, 0.5) is 0 Å². The number of para-hydroxylation sites is 1. The summed E-state index contributed by atoms with van der Waals surface area (Å²) >= 11 is 1.67. The maximum atomic E-state index is 10.1. The highest BCUT2D eigenvalue weighted by molar-refractivity contribution is 7.99. The third-order valence-electron chi connectivity index (χ3n) is 3.39. The molecule has 0 saturated carbocycles. The third kappa shape index (κ3) is 2.60. The van der Waals surface area contributed by atoms with Gasteiger partial charge in [0.15, 0.2) is 0 Å². The Labute approximate surface area is 122 Å². The number of hydrogen-bond acceptors (Lipinski definition) is 2. The van der Waals surface area contributed by atoms with Crippen LogP contribution in [-0.4, -0.2) is 10.1 Å². The van der Waals surface area contributed by atoms with Crippen LogP contribution in [0.15, 0.2) is 64.5 Å². The summed E-state index contributed by atoms with van der Waals surface area (Å²) in [7, 11) is 0. The molecule has 102 valence electrons. The van der Waals surface area contributed by atoms with Crippen molar-refractivity contribution in [2.75, 3.05) is 0 Å². The lowest BCUT2D eigenvalue weighted by molar-refractivity contribution is 0.171. The fourth-order valence-electron chi connectivity index (χ4n) is 2.29. The highest BCUT2D eigenvalue weighted by Crippen LogP contribution is 2.35. The minimum absolute atomic E-state index is 0.400. The quantitative estimate of drug-likeness (QED) is 0.724. The number of nitrogens with one attached hydrogen (secondary N) is 1. The van der Waals surface area contributed by atoms with Gasteiger partial charge in [0.1, 0.15) is 0 Å². The second-order valence-corrected chi connectivity index (χ2v) is 5.87. The summed E-state index contributed by atoms with van der Waals surface area (Å²) < 4.78 is 0. The molecule has 3 rings (SSSR count). The van der Waals surface area contributed by atoms with Gasteiger partial charge in [0.05, 0.1) is 11.1 Å². The van der Waals surface area contributed by atoms with Crippen LogP contribution in [0, 0.1) is 0 Å². The molecule has 0 aliphatic heterocycles. The van der Waals surface area contributed by atoms with E-state index in [1.54, 1.807) is 11.8 Å². The minimum atomic E-state index is -0.400. The van der Waals surface area contributed by atoms with Gasteiger partial charge in [-0.2, -0.15) is 0 Å². The zero-order chi connectivity index (χ0) is 13.9. The monoisotopic (exact) mass is 283 g/mol. The number of aliphatic hydroxyl groups excluding tert-OH is 1. The summed E-state index contributed by atoms with van der Waals surface area (Å²) in [5.41, 5.74) is 2.14. The van der Waals surface area contributed by atoms with E-state index in [0.29, 0.717) is 0 Å². The van der Waals surface area contributed by atoms with Crippen LogP contribution in [0.3, 0.4) is 0 Å². The molecular weight excluding hydrogens is 266 g/mol. The summed E-state index contributed by atoms with van der Waals surface area (Å²) in [6.07, 6.45) is 0.327. The van der Waals surface area contributed by atoms with Crippen LogP contribution in [-0.2, 0) is 0 Å². The average molecular weight is 283 g/mol. The Morgan fingerprint density at radius 1 is 1.10 bits per heavy atom. The van der Waals surface area contributed by atoms with Crippen LogP contribution in [0.2, 0.25) is 0 Å². The van der Waals surface area contributed by atoms with Crippen molar-refractivity contribution in [3.63, 3.8) is 0 Å². The standard InChI is InChI=1S/C17H17NOS/c1-2-15(19)13-8-4-6-10-16(13)20-17-11-12-7-3-5-9-14(12)18-17/h3-11,15,18-19H,2H2,1H3/t15-/m0/s1. The van der Waals surface area contributed by atoms with Crippen molar-refractivity contribution >= 4 is 22.7 Å². The van der Waals surface area contributed by atoms with E-state index in [-0.39, 0.29) is 0 Å². The predicted molar refractivity (Wildman–Crippen MR) is 84.1 cm³/mol. The highest BCUT2D eigenvalue weighted by atomic mass is 32.2. The van der Waals surface area contributed by atoms with E-state index < -0.39 is 6.10 Å². The Balaban J connectivity index is 1.94. The van der Waals surface area contributed by atoms with Crippen LogP contribution in [0.5, 0.6) is 0 Å². The molecule has 2 aromatic carbocycles. The number of benzene rings is 2. The molecule has 2 nitrogen and oxygen atoms in total. The zero-order valence-corrected chi connectivity index (χ0v) is 12.2. The molecule has 0 bridgehead atoms. The molecular formula is C17H17NOS. The minimum Gasteiger partial charge on any atom is -0.388 e. The van der Waals surface area contributed by atoms with Gasteiger partial charge >= 0.3 is 0 Å². The first-order chi connectivity index (χ1) is 9.78. The Morgan fingerprint density at radius 3 is 2.65 bits per heavy atom. The van der Waals surface area contributed by atoms with Crippen molar-refractivity contribution in [2.24, 2.45) is 0 Å². The fourth-order valence-corrected chi connectivity index (χ4v) is 3.34. The average Bonchev–Trinajstić information content (AvgIpc) is 2.89. The Kier molecular flexibility index (Phi) is 3.81. The van der Waals surface area contributed by atoms with Gasteiger partial charge in [-0.3, -0.25) is 0 Å². The van der Waals surface area contributed by atoms with Crippen LogP contribution < -0.4 is 0 Å². The maximum absolute atomic E-state index is 10.1. The Morgan fingerprint density at radius 2 is 1.85 bits per heavy atom. The number of rotatable bonds is 4. The van der Waals surface area contributed by atoms with Gasteiger partial charge in [0.2, 0.25) is 0 Å². The van der Waals surface area contributed by atoms with Crippen molar-refractivity contribution in [3.05, 3.63) is 60.2 Å². The number of aromatic amines is 1. The molecule has 0 unspecified atom stereocenters. The normalized spacial score (nSPS) is 12.7. The van der Waals surface area contributed by atoms with Crippen molar-refractivity contribution in [1.82, 2.24) is 4.98 Å². The smallest absolute Gasteiger partial charge is 0.0798 e. The predicted octanol–water partition coefficient (Wildman–Crippen LogP) is 4.76. The maximum Gasteiger partial charge on any atom is 0.0798 e. The molecule has 20 heavy (non-hydrogen) atoms. The molecule has 1 atom stereocenters. The van der Waals surface area contributed by atoms with Crippen molar-refractivity contribution in [1.29, 1.82) is 0 Å².